The van der Waals surface area contributed by atoms with Crippen molar-refractivity contribution in [2.24, 2.45) is 0 Å². The molecule has 0 aliphatic rings. The van der Waals surface area contributed by atoms with Gasteiger partial charge in [0.15, 0.2) is 0 Å². The van der Waals surface area contributed by atoms with E-state index < -0.39 is 6.85 Å². The molecule has 0 aromatic heterocycles. The van der Waals surface area contributed by atoms with Gasteiger partial charge in [-0.2, -0.15) is 0 Å². The topological polar surface area (TPSA) is 6.48 Å². The van der Waals surface area contributed by atoms with E-state index in [1.54, 1.807) is 0 Å². The van der Waals surface area contributed by atoms with Crippen molar-refractivity contribution >= 4 is 55.7 Å². The second-order valence-electron chi connectivity index (χ2n) is 13.2. The lowest BCUT2D eigenvalue weighted by atomic mass is 9.95. The van der Waals surface area contributed by atoms with Gasteiger partial charge in [-0.3, -0.25) is 0 Å². The Kier molecular flexibility index (Phi) is 7.61. The number of rotatable bonds is 8. The predicted octanol–water partition coefficient (Wildman–Crippen LogP) is 14.6. The summed E-state index contributed by atoms with van der Waals surface area (Å²) < 4.78 is 28.0. The van der Waals surface area contributed by atoms with Crippen LogP contribution in [0.4, 0.5) is 34.1 Å². The molecule has 0 fully saturated rings. The Morgan fingerprint density at radius 3 is 1.40 bits per heavy atom. The minimum absolute atomic E-state index is 0.247. The Morgan fingerprint density at radius 2 is 0.792 bits per heavy atom. The number of anilines is 6. The average molecular weight is 682 g/mol. The third kappa shape index (κ3) is 6.11. The second kappa shape index (κ2) is 14.0. The Labute approximate surface area is 315 Å². The number of nitrogens with zero attached hydrogens (tertiary/aromatic N) is 2. The molecule has 0 N–H and O–H groups in total. The zero-order valence-electron chi connectivity index (χ0n) is 32.1. The zero-order valence-corrected chi connectivity index (χ0v) is 29.1. The van der Waals surface area contributed by atoms with Crippen LogP contribution in [0.5, 0.6) is 0 Å². The van der Waals surface area contributed by atoms with Gasteiger partial charge >= 0.3 is 0 Å². The van der Waals surface area contributed by atoms with Gasteiger partial charge < -0.3 is 9.80 Å². The normalized spacial score (nSPS) is 12.2. The molecule has 0 aliphatic carbocycles. The Balaban J connectivity index is 1.38. The molecule has 0 unspecified atom stereocenters. The van der Waals surface area contributed by atoms with Crippen molar-refractivity contribution in [3.8, 4) is 22.3 Å². The molecular formula is C51H38N2. The van der Waals surface area contributed by atoms with E-state index in [0.717, 1.165) is 66.5 Å². The van der Waals surface area contributed by atoms with Crippen LogP contribution in [0, 0.1) is 6.85 Å². The molecule has 0 bridgehead atoms. The highest BCUT2D eigenvalue weighted by molar-refractivity contribution is 6.13. The van der Waals surface area contributed by atoms with Crippen LogP contribution in [0.3, 0.4) is 0 Å². The highest BCUT2D eigenvalue weighted by Crippen LogP contribution is 2.48. The maximum atomic E-state index is 9.34. The zero-order chi connectivity index (χ0) is 38.1. The standard InChI is InChI=1S/C51H38N2/c1-37-50(52(43-20-8-3-9-21-43)44-22-10-4-11-23-44)35-42(40-31-29-39(30-32-40)38-17-6-2-7-18-38)36-51(37)53(45-24-12-5-13-25-45)49-28-16-27-47-46-26-15-14-19-41(46)33-34-48(47)49/h2-36H,1H3/i1D3. The predicted molar refractivity (Wildman–Crippen MR) is 226 cm³/mol. The molecule has 0 heterocycles. The molecule has 9 aromatic rings. The fraction of sp³-hybridized carbons (Fsp3) is 0.0196. The van der Waals surface area contributed by atoms with E-state index in [4.69, 9.17) is 0 Å². The summed E-state index contributed by atoms with van der Waals surface area (Å²) >= 11 is 0. The maximum absolute atomic E-state index is 9.34. The highest BCUT2D eigenvalue weighted by Gasteiger charge is 2.24. The Hall–Kier alpha value is -6.90. The SMILES string of the molecule is [2H]C([2H])([2H])c1c(N(c2ccccc2)c2ccccc2)cc(-c2ccc(-c3ccccc3)cc2)cc1N(c1ccccc1)c1cccc2c1ccc1ccccc12. The summed E-state index contributed by atoms with van der Waals surface area (Å²) in [5.74, 6) is 0. The lowest BCUT2D eigenvalue weighted by molar-refractivity contribution is 1.21. The molecule has 0 spiro atoms. The minimum Gasteiger partial charge on any atom is -0.310 e. The molecule has 0 atom stereocenters. The summed E-state index contributed by atoms with van der Waals surface area (Å²) in [7, 11) is 0. The van der Waals surface area contributed by atoms with Crippen LogP contribution in [0.2, 0.25) is 0 Å². The van der Waals surface area contributed by atoms with Gasteiger partial charge in [0.05, 0.1) is 17.1 Å². The number of fused-ring (bicyclic) bond motifs is 3. The molecule has 9 rings (SSSR count). The van der Waals surface area contributed by atoms with Crippen LogP contribution >= 0.6 is 0 Å². The first-order valence-corrected chi connectivity index (χ1v) is 17.9. The monoisotopic (exact) mass is 681 g/mol. The minimum atomic E-state index is -2.52. The molecule has 53 heavy (non-hydrogen) atoms. The van der Waals surface area contributed by atoms with Gasteiger partial charge in [-0.05, 0) is 105 Å². The van der Waals surface area contributed by atoms with E-state index in [1.807, 2.05) is 103 Å². The fourth-order valence-corrected chi connectivity index (χ4v) is 7.40. The number of hydrogen-bond acceptors (Lipinski definition) is 2. The van der Waals surface area contributed by atoms with Crippen LogP contribution < -0.4 is 9.80 Å². The van der Waals surface area contributed by atoms with E-state index in [2.05, 4.69) is 119 Å². The molecule has 0 radical (unpaired) electrons. The van der Waals surface area contributed by atoms with Crippen LogP contribution in [-0.4, -0.2) is 0 Å². The van der Waals surface area contributed by atoms with Gasteiger partial charge in [-0.1, -0.05) is 158 Å². The second-order valence-corrected chi connectivity index (χ2v) is 13.2. The van der Waals surface area contributed by atoms with Crippen molar-refractivity contribution in [3.05, 3.63) is 218 Å². The number of hydrogen-bond donors (Lipinski definition) is 0. The van der Waals surface area contributed by atoms with Crippen molar-refractivity contribution in [1.82, 2.24) is 0 Å². The summed E-state index contributed by atoms with van der Waals surface area (Å²) in [6, 6.07) is 72.2. The fourth-order valence-electron chi connectivity index (χ4n) is 7.40. The van der Waals surface area contributed by atoms with Crippen molar-refractivity contribution in [1.29, 1.82) is 0 Å². The van der Waals surface area contributed by atoms with Crippen LogP contribution in [0.1, 0.15) is 9.68 Å². The summed E-state index contributed by atoms with van der Waals surface area (Å²) in [5.41, 5.74) is 8.97. The van der Waals surface area contributed by atoms with E-state index in [9.17, 15) is 4.11 Å². The number of benzene rings is 9. The van der Waals surface area contributed by atoms with Gasteiger partial charge in [0.2, 0.25) is 0 Å². The van der Waals surface area contributed by atoms with Crippen LogP contribution in [-0.2, 0) is 0 Å². The third-order valence-corrected chi connectivity index (χ3v) is 9.95. The summed E-state index contributed by atoms with van der Waals surface area (Å²) in [6.45, 7) is -2.52. The molecule has 2 heteroatoms. The van der Waals surface area contributed by atoms with Gasteiger partial charge in [-0.25, -0.2) is 0 Å². The van der Waals surface area contributed by atoms with E-state index in [-0.39, 0.29) is 5.56 Å². The summed E-state index contributed by atoms with van der Waals surface area (Å²) in [4.78, 5) is 4.21. The largest absolute Gasteiger partial charge is 0.310 e. The highest BCUT2D eigenvalue weighted by atomic mass is 15.2. The van der Waals surface area contributed by atoms with Crippen molar-refractivity contribution < 1.29 is 4.11 Å². The summed E-state index contributed by atoms with van der Waals surface area (Å²) in [5, 5.41) is 4.41. The van der Waals surface area contributed by atoms with Crippen LogP contribution in [0.25, 0.3) is 43.8 Å². The lowest BCUT2D eigenvalue weighted by Gasteiger charge is -2.33. The molecule has 9 aromatic carbocycles. The van der Waals surface area contributed by atoms with Gasteiger partial charge in [-0.15, -0.1) is 0 Å². The van der Waals surface area contributed by atoms with Crippen molar-refractivity contribution in [2.75, 3.05) is 9.80 Å². The molecule has 0 amide bonds. The molecule has 0 aliphatic heterocycles. The first-order chi connectivity index (χ1) is 27.4. The van der Waals surface area contributed by atoms with Gasteiger partial charge in [0, 0.05) is 26.6 Å². The first kappa shape index (κ1) is 28.8. The molecular weight excluding hydrogens is 641 g/mol. The summed E-state index contributed by atoms with van der Waals surface area (Å²) in [6.07, 6.45) is 0. The maximum Gasteiger partial charge on any atom is 0.0540 e. The lowest BCUT2D eigenvalue weighted by Crippen LogP contribution is -2.16. The molecule has 252 valence electrons. The van der Waals surface area contributed by atoms with Gasteiger partial charge in [0.1, 0.15) is 0 Å². The van der Waals surface area contributed by atoms with E-state index in [1.165, 1.54) is 0 Å². The van der Waals surface area contributed by atoms with E-state index in [0.29, 0.717) is 11.4 Å². The average Bonchev–Trinajstić information content (AvgIpc) is 3.25. The van der Waals surface area contributed by atoms with Gasteiger partial charge in [0.25, 0.3) is 0 Å². The first-order valence-electron chi connectivity index (χ1n) is 19.4. The molecule has 0 saturated carbocycles. The smallest absolute Gasteiger partial charge is 0.0540 e. The van der Waals surface area contributed by atoms with Crippen molar-refractivity contribution in [2.45, 2.75) is 6.85 Å². The van der Waals surface area contributed by atoms with Crippen LogP contribution in [0.15, 0.2) is 212 Å². The van der Waals surface area contributed by atoms with E-state index >= 15 is 0 Å². The van der Waals surface area contributed by atoms with Crippen molar-refractivity contribution in [3.63, 3.8) is 0 Å². The quantitative estimate of drug-likeness (QED) is 0.147. The Bertz CT molecular complexity index is 2730. The molecule has 2 nitrogen and oxygen atoms in total. The Morgan fingerprint density at radius 1 is 0.321 bits per heavy atom. The number of para-hydroxylation sites is 3. The molecule has 0 saturated heterocycles. The third-order valence-electron chi connectivity index (χ3n) is 9.95.